The molecule has 1 amide bonds. The van der Waals surface area contributed by atoms with Crippen molar-refractivity contribution in [3.8, 4) is 0 Å². The highest BCUT2D eigenvalue weighted by atomic mass is 32.2. The summed E-state index contributed by atoms with van der Waals surface area (Å²) >= 11 is 3.02. The Kier molecular flexibility index (Phi) is 5.13. The van der Waals surface area contributed by atoms with E-state index in [1.807, 2.05) is 48.5 Å². The zero-order chi connectivity index (χ0) is 18.8. The van der Waals surface area contributed by atoms with Crippen molar-refractivity contribution in [3.63, 3.8) is 0 Å². The molecule has 0 saturated heterocycles. The second-order valence-electron chi connectivity index (χ2n) is 6.08. The number of nitrogens with zero attached hydrogens (tertiary/aromatic N) is 2. The fraction of sp³-hybridized carbons (Fsp3) is 0.250. The van der Waals surface area contributed by atoms with E-state index in [4.69, 9.17) is 4.74 Å². The molecule has 0 aliphatic carbocycles. The Morgan fingerprint density at radius 3 is 2.78 bits per heavy atom. The largest absolute Gasteiger partial charge is 0.466 e. The van der Waals surface area contributed by atoms with Gasteiger partial charge in [-0.2, -0.15) is 0 Å². The number of carbonyl (C=O) groups is 2. The lowest BCUT2D eigenvalue weighted by Crippen LogP contribution is -2.41. The minimum atomic E-state index is -0.478. The molecule has 27 heavy (non-hydrogen) atoms. The second kappa shape index (κ2) is 7.70. The number of carbonyl (C=O) groups excluding carboxylic acids is 2. The van der Waals surface area contributed by atoms with Gasteiger partial charge in [-0.15, -0.1) is 23.1 Å². The van der Waals surface area contributed by atoms with E-state index in [-0.39, 0.29) is 18.3 Å². The van der Waals surface area contributed by atoms with E-state index in [0.29, 0.717) is 13.2 Å². The van der Waals surface area contributed by atoms with Gasteiger partial charge in [0.2, 0.25) is 5.91 Å². The van der Waals surface area contributed by atoms with Crippen LogP contribution >= 0.6 is 23.1 Å². The first-order chi connectivity index (χ1) is 13.2. The van der Waals surface area contributed by atoms with Crippen LogP contribution in [0.2, 0.25) is 0 Å². The van der Waals surface area contributed by atoms with Crippen LogP contribution in [-0.2, 0) is 20.9 Å². The zero-order valence-electron chi connectivity index (χ0n) is 14.8. The minimum Gasteiger partial charge on any atom is -0.466 e. The first-order valence-electron chi connectivity index (χ1n) is 8.73. The molecule has 0 fully saturated rings. The average molecular weight is 399 g/mol. The molecule has 138 valence electrons. The first-order valence-corrected chi connectivity index (χ1v) is 10.4. The van der Waals surface area contributed by atoms with Crippen LogP contribution in [0.3, 0.4) is 0 Å². The number of para-hydroxylation sites is 2. The summed E-state index contributed by atoms with van der Waals surface area (Å²) < 4.78 is 6.14. The highest BCUT2D eigenvalue weighted by molar-refractivity contribution is 8.01. The maximum Gasteiger partial charge on any atom is 0.307 e. The van der Waals surface area contributed by atoms with Gasteiger partial charge in [0.25, 0.3) is 0 Å². The van der Waals surface area contributed by atoms with Crippen molar-refractivity contribution in [1.82, 2.24) is 4.98 Å². The summed E-state index contributed by atoms with van der Waals surface area (Å²) in [6.45, 7) is 2.48. The number of thioether (sulfide) groups is 1. The van der Waals surface area contributed by atoms with Crippen molar-refractivity contribution in [2.45, 2.75) is 30.0 Å². The van der Waals surface area contributed by atoms with E-state index in [1.165, 1.54) is 11.8 Å². The minimum absolute atomic E-state index is 0.0714. The molecule has 1 atom stereocenters. The molecule has 1 aromatic heterocycles. The Balaban J connectivity index is 1.64. The van der Waals surface area contributed by atoms with Gasteiger partial charge in [0.1, 0.15) is 5.01 Å². The Morgan fingerprint density at radius 1 is 1.19 bits per heavy atom. The quantitative estimate of drug-likeness (QED) is 0.601. The Morgan fingerprint density at radius 2 is 1.96 bits per heavy atom. The summed E-state index contributed by atoms with van der Waals surface area (Å²) in [7, 11) is 0. The van der Waals surface area contributed by atoms with Crippen LogP contribution in [-0.4, -0.2) is 28.7 Å². The number of anilines is 1. The third-order valence-corrected chi connectivity index (χ3v) is 6.53. The summed E-state index contributed by atoms with van der Waals surface area (Å²) in [4.78, 5) is 32.4. The van der Waals surface area contributed by atoms with E-state index in [1.54, 1.807) is 23.2 Å². The molecule has 7 heteroatoms. The lowest BCUT2D eigenvalue weighted by atomic mass is 10.2. The number of benzene rings is 2. The molecule has 0 N–H and O–H groups in total. The molecule has 1 unspecified atom stereocenters. The van der Waals surface area contributed by atoms with E-state index >= 15 is 0 Å². The van der Waals surface area contributed by atoms with Gasteiger partial charge in [0, 0.05) is 4.90 Å². The Hall–Kier alpha value is -2.38. The first kappa shape index (κ1) is 18.0. The third kappa shape index (κ3) is 3.70. The number of hydrogen-bond donors (Lipinski definition) is 0. The molecule has 0 saturated carbocycles. The molecule has 1 aliphatic rings. The molecule has 3 aromatic rings. The Labute approximate surface area is 165 Å². The number of esters is 1. The van der Waals surface area contributed by atoms with Gasteiger partial charge in [-0.05, 0) is 31.2 Å². The van der Waals surface area contributed by atoms with E-state index in [2.05, 4.69) is 4.98 Å². The molecule has 0 bridgehead atoms. The van der Waals surface area contributed by atoms with Crippen LogP contribution in [0.25, 0.3) is 10.2 Å². The van der Waals surface area contributed by atoms with Crippen molar-refractivity contribution in [2.75, 3.05) is 11.5 Å². The van der Waals surface area contributed by atoms with Crippen molar-refractivity contribution in [1.29, 1.82) is 0 Å². The highest BCUT2D eigenvalue weighted by Gasteiger charge is 2.35. The maximum atomic E-state index is 13.1. The predicted molar refractivity (Wildman–Crippen MR) is 108 cm³/mol. The summed E-state index contributed by atoms with van der Waals surface area (Å²) in [6.07, 6.45) is 0.0714. The van der Waals surface area contributed by atoms with E-state index in [9.17, 15) is 9.59 Å². The van der Waals surface area contributed by atoms with Gasteiger partial charge in [-0.3, -0.25) is 9.59 Å². The van der Waals surface area contributed by atoms with Crippen molar-refractivity contribution in [3.05, 3.63) is 53.5 Å². The number of fused-ring (bicyclic) bond motifs is 2. The fourth-order valence-electron chi connectivity index (χ4n) is 3.06. The fourth-order valence-corrected chi connectivity index (χ4v) is 5.23. The normalized spacial score (nSPS) is 16.4. The number of hydrogen-bond acceptors (Lipinski definition) is 6. The van der Waals surface area contributed by atoms with E-state index < -0.39 is 5.25 Å². The van der Waals surface area contributed by atoms with Gasteiger partial charge < -0.3 is 9.64 Å². The van der Waals surface area contributed by atoms with Gasteiger partial charge in [-0.1, -0.05) is 24.3 Å². The van der Waals surface area contributed by atoms with Crippen LogP contribution in [0.1, 0.15) is 18.4 Å². The van der Waals surface area contributed by atoms with Crippen molar-refractivity contribution < 1.29 is 14.3 Å². The van der Waals surface area contributed by atoms with Crippen LogP contribution < -0.4 is 4.90 Å². The third-order valence-electron chi connectivity index (χ3n) is 4.26. The summed E-state index contributed by atoms with van der Waals surface area (Å²) in [6, 6.07) is 15.7. The zero-order valence-corrected chi connectivity index (χ0v) is 16.4. The molecular weight excluding hydrogens is 380 g/mol. The summed E-state index contributed by atoms with van der Waals surface area (Å²) in [5, 5.41) is 0.398. The molecular formula is C20H18N2O3S2. The molecule has 0 spiro atoms. The highest BCUT2D eigenvalue weighted by Crippen LogP contribution is 2.41. The maximum absolute atomic E-state index is 13.1. The van der Waals surface area contributed by atoms with Gasteiger partial charge >= 0.3 is 5.97 Å². The molecule has 1 aliphatic heterocycles. The van der Waals surface area contributed by atoms with Crippen LogP contribution in [0.5, 0.6) is 0 Å². The monoisotopic (exact) mass is 398 g/mol. The number of aromatic nitrogens is 1. The number of thiazole rings is 1. The van der Waals surface area contributed by atoms with Crippen LogP contribution in [0.4, 0.5) is 5.69 Å². The van der Waals surface area contributed by atoms with Crippen LogP contribution in [0, 0.1) is 0 Å². The van der Waals surface area contributed by atoms with Crippen molar-refractivity contribution in [2.24, 2.45) is 0 Å². The van der Waals surface area contributed by atoms with Gasteiger partial charge in [-0.25, -0.2) is 4.98 Å². The molecule has 2 heterocycles. The standard InChI is InChI=1S/C20H18N2O3S2/c1-2-25-19(23)11-17-20(24)22(14-8-4-6-10-16(14)26-17)12-18-21-13-7-3-5-9-15(13)27-18/h3-10,17H,2,11-12H2,1H3. The number of amides is 1. The van der Waals surface area contributed by atoms with Crippen molar-refractivity contribution >= 4 is 50.9 Å². The molecule has 0 radical (unpaired) electrons. The van der Waals surface area contributed by atoms with Crippen LogP contribution in [0.15, 0.2) is 53.4 Å². The SMILES string of the molecule is CCOC(=O)CC1Sc2ccccc2N(Cc2nc3ccccc3s2)C1=O. The lowest BCUT2D eigenvalue weighted by Gasteiger charge is -2.32. The molecule has 2 aromatic carbocycles. The summed E-state index contributed by atoms with van der Waals surface area (Å²) in [5.74, 6) is -0.423. The predicted octanol–water partition coefficient (Wildman–Crippen LogP) is 4.26. The summed E-state index contributed by atoms with van der Waals surface area (Å²) in [5.41, 5.74) is 1.81. The van der Waals surface area contributed by atoms with Gasteiger partial charge in [0.05, 0.1) is 40.7 Å². The van der Waals surface area contributed by atoms with Gasteiger partial charge in [0.15, 0.2) is 0 Å². The molecule has 4 rings (SSSR count). The molecule has 5 nitrogen and oxygen atoms in total. The topological polar surface area (TPSA) is 59.5 Å². The average Bonchev–Trinajstić information content (AvgIpc) is 3.08. The number of rotatable bonds is 5. The smallest absolute Gasteiger partial charge is 0.307 e. The van der Waals surface area contributed by atoms with E-state index in [0.717, 1.165) is 25.8 Å². The Bertz CT molecular complexity index is 969. The number of ether oxygens (including phenoxy) is 1. The lowest BCUT2D eigenvalue weighted by molar-refractivity contribution is -0.144. The second-order valence-corrected chi connectivity index (χ2v) is 8.44.